The minimum Gasteiger partial charge on any atom is -0.399 e. The Balaban J connectivity index is 2.93. The van der Waals surface area contributed by atoms with Gasteiger partial charge in [0.1, 0.15) is 0 Å². The second-order valence-corrected chi connectivity index (χ2v) is 7.12. The Morgan fingerprint density at radius 1 is 1.19 bits per heavy atom. The zero-order valence-corrected chi connectivity index (χ0v) is 13.7. The Hall–Kier alpha value is -1.11. The number of aliphatic hydroxyl groups is 1. The molecule has 6 heteroatoms. The van der Waals surface area contributed by atoms with E-state index in [9.17, 15) is 8.42 Å². The molecule has 1 aromatic carbocycles. The van der Waals surface area contributed by atoms with Gasteiger partial charge in [0.15, 0.2) is 0 Å². The van der Waals surface area contributed by atoms with Gasteiger partial charge in [0.25, 0.3) is 0 Å². The number of benzene rings is 1. The number of nitrogens with zero attached hydrogens (tertiary/aromatic N) is 1. The highest BCUT2D eigenvalue weighted by atomic mass is 32.2. The average molecular weight is 314 g/mol. The minimum atomic E-state index is -3.58. The van der Waals surface area contributed by atoms with Gasteiger partial charge in [-0.1, -0.05) is 26.2 Å². The van der Waals surface area contributed by atoms with Crippen LogP contribution < -0.4 is 5.73 Å². The van der Waals surface area contributed by atoms with Crippen molar-refractivity contribution in [2.75, 3.05) is 25.4 Å². The van der Waals surface area contributed by atoms with Crippen molar-refractivity contribution in [1.29, 1.82) is 0 Å². The van der Waals surface area contributed by atoms with E-state index in [0.29, 0.717) is 17.8 Å². The van der Waals surface area contributed by atoms with Crippen LogP contribution in [0.15, 0.2) is 23.1 Å². The molecule has 3 N–H and O–H groups in total. The summed E-state index contributed by atoms with van der Waals surface area (Å²) < 4.78 is 26.7. The van der Waals surface area contributed by atoms with E-state index in [4.69, 9.17) is 10.8 Å². The number of nitrogens with two attached hydrogens (primary N) is 1. The summed E-state index contributed by atoms with van der Waals surface area (Å²) in [5.41, 5.74) is 6.85. The molecule has 0 aliphatic rings. The molecule has 5 nitrogen and oxygen atoms in total. The first kappa shape index (κ1) is 17.9. The maximum Gasteiger partial charge on any atom is 0.243 e. The van der Waals surface area contributed by atoms with E-state index in [1.807, 2.05) is 0 Å². The third-order valence-electron chi connectivity index (χ3n) is 3.43. The van der Waals surface area contributed by atoms with Crippen LogP contribution in [-0.2, 0) is 10.0 Å². The largest absolute Gasteiger partial charge is 0.399 e. The fourth-order valence-corrected chi connectivity index (χ4v) is 3.96. The van der Waals surface area contributed by atoms with Crippen molar-refractivity contribution < 1.29 is 13.5 Å². The molecule has 0 heterocycles. The Morgan fingerprint density at radius 3 is 2.48 bits per heavy atom. The number of aliphatic hydroxyl groups excluding tert-OH is 1. The normalized spacial score (nSPS) is 12.0. The average Bonchev–Trinajstić information content (AvgIpc) is 2.41. The third kappa shape index (κ3) is 4.98. The highest BCUT2D eigenvalue weighted by Crippen LogP contribution is 2.22. The molecular weight excluding hydrogens is 288 g/mol. The van der Waals surface area contributed by atoms with E-state index in [1.54, 1.807) is 19.1 Å². The van der Waals surface area contributed by atoms with Gasteiger partial charge in [-0.15, -0.1) is 0 Å². The molecule has 1 rings (SSSR count). The molecule has 0 radical (unpaired) electrons. The molecule has 0 fully saturated rings. The Kier molecular flexibility index (Phi) is 7.14. The molecule has 0 saturated heterocycles. The van der Waals surface area contributed by atoms with E-state index in [2.05, 4.69) is 6.92 Å². The molecule has 120 valence electrons. The number of nitrogen functional groups attached to an aromatic ring is 1. The predicted octanol–water partition coefficient (Wildman–Crippen LogP) is 2.14. The van der Waals surface area contributed by atoms with E-state index in [1.165, 1.54) is 10.4 Å². The molecule has 0 bridgehead atoms. The summed E-state index contributed by atoms with van der Waals surface area (Å²) in [5.74, 6) is 0. The highest BCUT2D eigenvalue weighted by Gasteiger charge is 2.25. The summed E-state index contributed by atoms with van der Waals surface area (Å²) in [6.07, 6.45) is 3.99. The first-order chi connectivity index (χ1) is 9.93. The van der Waals surface area contributed by atoms with Crippen LogP contribution in [0.4, 0.5) is 5.69 Å². The number of hydrogen-bond donors (Lipinski definition) is 2. The van der Waals surface area contributed by atoms with E-state index >= 15 is 0 Å². The smallest absolute Gasteiger partial charge is 0.243 e. The summed E-state index contributed by atoms with van der Waals surface area (Å²) in [7, 11) is -3.58. The second-order valence-electron chi connectivity index (χ2n) is 5.21. The van der Waals surface area contributed by atoms with Crippen molar-refractivity contribution in [3.8, 4) is 0 Å². The van der Waals surface area contributed by atoms with Gasteiger partial charge in [0.2, 0.25) is 10.0 Å². The van der Waals surface area contributed by atoms with Gasteiger partial charge in [0, 0.05) is 18.8 Å². The van der Waals surface area contributed by atoms with E-state index in [-0.39, 0.29) is 18.0 Å². The first-order valence-corrected chi connectivity index (χ1v) is 8.84. The van der Waals surface area contributed by atoms with Crippen molar-refractivity contribution >= 4 is 15.7 Å². The lowest BCUT2D eigenvalue weighted by atomic mass is 10.2. The van der Waals surface area contributed by atoms with Gasteiger partial charge in [0.05, 0.1) is 11.5 Å². The second kappa shape index (κ2) is 8.36. The van der Waals surface area contributed by atoms with Crippen LogP contribution in [0.3, 0.4) is 0 Å². The fourth-order valence-electron chi connectivity index (χ4n) is 2.28. The summed E-state index contributed by atoms with van der Waals surface area (Å²) in [5, 5.41) is 9.14. The van der Waals surface area contributed by atoms with Gasteiger partial charge < -0.3 is 10.8 Å². The topological polar surface area (TPSA) is 83.6 Å². The monoisotopic (exact) mass is 314 g/mol. The highest BCUT2D eigenvalue weighted by molar-refractivity contribution is 7.89. The zero-order chi connectivity index (χ0) is 15.9. The minimum absolute atomic E-state index is 0.123. The quantitative estimate of drug-likeness (QED) is 0.540. The van der Waals surface area contributed by atoms with Gasteiger partial charge in [-0.2, -0.15) is 4.31 Å². The molecule has 1 aromatic rings. The Bertz CT molecular complexity index is 544. The van der Waals surface area contributed by atoms with Crippen molar-refractivity contribution in [3.63, 3.8) is 0 Å². The predicted molar refractivity (Wildman–Crippen MR) is 85.6 cm³/mol. The molecular formula is C15H26N2O3S. The molecule has 0 atom stereocenters. The summed E-state index contributed by atoms with van der Waals surface area (Å²) in [4.78, 5) is 0.264. The number of rotatable bonds is 9. The molecule has 0 saturated carbocycles. The van der Waals surface area contributed by atoms with Crippen molar-refractivity contribution in [2.45, 2.75) is 44.4 Å². The number of anilines is 1. The fraction of sp³-hybridized carbons (Fsp3) is 0.600. The number of aryl methyl sites for hydroxylation is 1. The van der Waals surface area contributed by atoms with E-state index < -0.39 is 10.0 Å². The zero-order valence-electron chi connectivity index (χ0n) is 12.9. The Morgan fingerprint density at radius 2 is 1.90 bits per heavy atom. The molecule has 0 amide bonds. The number of sulfonamides is 1. The maximum atomic E-state index is 12.7. The van der Waals surface area contributed by atoms with Gasteiger partial charge >= 0.3 is 0 Å². The third-order valence-corrected chi connectivity index (χ3v) is 5.49. The first-order valence-electron chi connectivity index (χ1n) is 7.40. The van der Waals surface area contributed by atoms with Crippen molar-refractivity contribution in [1.82, 2.24) is 4.31 Å². The molecule has 0 unspecified atom stereocenters. The molecule has 0 aliphatic heterocycles. The number of hydrogen-bond acceptors (Lipinski definition) is 4. The van der Waals surface area contributed by atoms with Gasteiger partial charge in [-0.3, -0.25) is 0 Å². The summed E-state index contributed by atoms with van der Waals surface area (Å²) >= 11 is 0. The van der Waals surface area contributed by atoms with Crippen LogP contribution >= 0.6 is 0 Å². The standard InChI is InChI=1S/C15H26N2O3S/c1-3-4-5-6-9-17(10-11-18)21(19,20)15-8-7-14(16)12-13(15)2/h7-8,12,18H,3-6,9-11,16H2,1-2H3. The van der Waals surface area contributed by atoms with Gasteiger partial charge in [-0.25, -0.2) is 8.42 Å². The lowest BCUT2D eigenvalue weighted by Crippen LogP contribution is -2.34. The van der Waals surface area contributed by atoms with Crippen molar-refractivity contribution in [3.05, 3.63) is 23.8 Å². The molecule has 0 aliphatic carbocycles. The van der Waals surface area contributed by atoms with E-state index in [0.717, 1.165) is 25.7 Å². The summed E-state index contributed by atoms with van der Waals surface area (Å²) in [6.45, 7) is 4.23. The van der Waals surface area contributed by atoms with Crippen LogP contribution in [0.25, 0.3) is 0 Å². The molecule has 0 aromatic heterocycles. The lowest BCUT2D eigenvalue weighted by Gasteiger charge is -2.22. The van der Waals surface area contributed by atoms with Crippen LogP contribution in [0, 0.1) is 6.92 Å². The SMILES string of the molecule is CCCCCCN(CCO)S(=O)(=O)c1ccc(N)cc1C. The van der Waals surface area contributed by atoms with Crippen LogP contribution in [-0.4, -0.2) is 37.5 Å². The summed E-state index contributed by atoms with van der Waals surface area (Å²) in [6, 6.07) is 4.78. The maximum absolute atomic E-state index is 12.7. The Labute approximate surface area is 127 Å². The molecule has 0 spiro atoms. The van der Waals surface area contributed by atoms with Crippen LogP contribution in [0.1, 0.15) is 38.2 Å². The van der Waals surface area contributed by atoms with Crippen molar-refractivity contribution in [2.24, 2.45) is 0 Å². The lowest BCUT2D eigenvalue weighted by molar-refractivity contribution is 0.251. The number of unbranched alkanes of at least 4 members (excludes halogenated alkanes) is 3. The van der Waals surface area contributed by atoms with Crippen LogP contribution in [0.2, 0.25) is 0 Å². The van der Waals surface area contributed by atoms with Gasteiger partial charge in [-0.05, 0) is 37.1 Å². The van der Waals surface area contributed by atoms with Crippen LogP contribution in [0.5, 0.6) is 0 Å². The molecule has 21 heavy (non-hydrogen) atoms.